The van der Waals surface area contributed by atoms with Gasteiger partial charge in [-0.25, -0.2) is 8.42 Å². The van der Waals surface area contributed by atoms with Crippen molar-refractivity contribution < 1.29 is 13.2 Å². The van der Waals surface area contributed by atoms with Crippen molar-refractivity contribution in [1.82, 2.24) is 15.1 Å². The number of nitrogens with one attached hydrogen (secondary N) is 1. The summed E-state index contributed by atoms with van der Waals surface area (Å²) in [7, 11) is -3.45. The van der Waals surface area contributed by atoms with Gasteiger partial charge in [0.05, 0.1) is 11.4 Å². The van der Waals surface area contributed by atoms with Crippen molar-refractivity contribution in [2.24, 2.45) is 0 Å². The molecule has 1 aromatic heterocycles. The molecule has 0 saturated carbocycles. The van der Waals surface area contributed by atoms with E-state index in [-0.39, 0.29) is 30.0 Å². The molecule has 176 valence electrons. The van der Waals surface area contributed by atoms with Gasteiger partial charge in [-0.3, -0.25) is 10.00 Å². The quantitative estimate of drug-likeness (QED) is 0.572. The molecule has 1 unspecified atom stereocenters. The molecule has 7 heteroatoms. The summed E-state index contributed by atoms with van der Waals surface area (Å²) in [5.41, 5.74) is 2.65. The van der Waals surface area contributed by atoms with Gasteiger partial charge in [0.25, 0.3) is 0 Å². The van der Waals surface area contributed by atoms with Gasteiger partial charge in [0.2, 0.25) is 0 Å². The summed E-state index contributed by atoms with van der Waals surface area (Å²) in [6.07, 6.45) is 7.51. The van der Waals surface area contributed by atoms with E-state index in [0.29, 0.717) is 16.3 Å². The highest BCUT2D eigenvalue weighted by Crippen LogP contribution is 2.39. The first-order valence-electron chi connectivity index (χ1n) is 12.1. The average Bonchev–Trinajstić information content (AvgIpc) is 3.24. The van der Waals surface area contributed by atoms with Gasteiger partial charge in [0, 0.05) is 12.1 Å². The number of piperidine rings is 1. The van der Waals surface area contributed by atoms with E-state index in [0.717, 1.165) is 37.9 Å². The molecule has 32 heavy (non-hydrogen) atoms. The molecule has 2 saturated heterocycles. The van der Waals surface area contributed by atoms with Crippen LogP contribution in [0.1, 0.15) is 82.2 Å². The minimum Gasteiger partial charge on any atom is -0.490 e. The molecule has 2 aliphatic heterocycles. The lowest BCUT2D eigenvalue weighted by Gasteiger charge is -2.38. The fourth-order valence-corrected chi connectivity index (χ4v) is 7.38. The molecule has 2 fully saturated rings. The standard InChI is InChI=1S/C25H37N3O3S/c1-5-6-7-19-8-12-22(13-9-19)31-23-14-20-10-11-21(15-23)28(20)16-32(29,30)25-18(4)26-27-24(25)17(2)3/h8-9,12-13,17,20-21,23H,5-7,10-11,14-16H2,1-4H3,(H,26,27)/t20-,21+,23?. The van der Waals surface area contributed by atoms with E-state index in [1.807, 2.05) is 13.8 Å². The first-order valence-corrected chi connectivity index (χ1v) is 13.7. The maximum absolute atomic E-state index is 13.4. The SMILES string of the molecule is CCCCc1ccc(OC2C[C@H]3CC[C@@H](C2)N3CS(=O)(=O)c2c(C(C)C)n[nH]c2C)cc1. The number of unbranched alkanes of at least 4 members (excludes halogenated alkanes) is 1. The number of ether oxygens (including phenoxy) is 1. The Kier molecular flexibility index (Phi) is 6.96. The smallest absolute Gasteiger partial charge is 0.195 e. The zero-order valence-electron chi connectivity index (χ0n) is 19.8. The molecule has 0 spiro atoms. The van der Waals surface area contributed by atoms with Crippen LogP contribution in [-0.4, -0.2) is 47.6 Å². The monoisotopic (exact) mass is 459 g/mol. The Balaban J connectivity index is 1.41. The number of hydrogen-bond acceptors (Lipinski definition) is 5. The van der Waals surface area contributed by atoms with Crippen LogP contribution in [0.4, 0.5) is 0 Å². The summed E-state index contributed by atoms with van der Waals surface area (Å²) in [5.74, 6) is 1.06. The average molecular weight is 460 g/mol. The third-order valence-electron chi connectivity index (χ3n) is 6.98. The van der Waals surface area contributed by atoms with Crippen LogP contribution in [0.5, 0.6) is 5.75 Å². The maximum atomic E-state index is 13.4. The summed E-state index contributed by atoms with van der Waals surface area (Å²) in [5, 5.41) is 7.15. The van der Waals surface area contributed by atoms with Gasteiger partial charge in [-0.15, -0.1) is 0 Å². The normalized spacial score (nSPS) is 23.7. The molecule has 0 amide bonds. The third kappa shape index (κ3) is 4.88. The molecular formula is C25H37N3O3S. The fraction of sp³-hybridized carbons (Fsp3) is 0.640. The number of rotatable bonds is 9. The second kappa shape index (κ2) is 9.56. The molecule has 0 radical (unpaired) electrons. The lowest BCUT2D eigenvalue weighted by molar-refractivity contribution is 0.0609. The highest BCUT2D eigenvalue weighted by atomic mass is 32.2. The minimum absolute atomic E-state index is 0.0638. The molecule has 2 bridgehead atoms. The largest absolute Gasteiger partial charge is 0.490 e. The second-order valence-corrected chi connectivity index (χ2v) is 11.7. The topological polar surface area (TPSA) is 75.3 Å². The molecule has 4 rings (SSSR count). The van der Waals surface area contributed by atoms with Gasteiger partial charge in [0.1, 0.15) is 22.6 Å². The number of hydrogen-bond donors (Lipinski definition) is 1. The molecule has 1 N–H and O–H groups in total. The van der Waals surface area contributed by atoms with Crippen molar-refractivity contribution in [2.75, 3.05) is 5.88 Å². The van der Waals surface area contributed by atoms with Gasteiger partial charge in [-0.2, -0.15) is 5.10 Å². The van der Waals surface area contributed by atoms with Crippen molar-refractivity contribution in [1.29, 1.82) is 0 Å². The number of sulfone groups is 1. The van der Waals surface area contributed by atoms with Crippen molar-refractivity contribution in [3.63, 3.8) is 0 Å². The lowest BCUT2D eigenvalue weighted by atomic mass is 10.0. The molecular weight excluding hydrogens is 422 g/mol. The molecule has 1 aromatic carbocycles. The van der Waals surface area contributed by atoms with Crippen LogP contribution in [0, 0.1) is 6.92 Å². The zero-order valence-corrected chi connectivity index (χ0v) is 20.6. The van der Waals surface area contributed by atoms with Crippen molar-refractivity contribution in [3.05, 3.63) is 41.2 Å². The molecule has 3 heterocycles. The lowest BCUT2D eigenvalue weighted by Crippen LogP contribution is -2.48. The summed E-state index contributed by atoms with van der Waals surface area (Å²) >= 11 is 0. The Morgan fingerprint density at radius 3 is 2.41 bits per heavy atom. The van der Waals surface area contributed by atoms with Crippen molar-refractivity contribution >= 4 is 9.84 Å². The first-order chi connectivity index (χ1) is 15.3. The molecule has 6 nitrogen and oxygen atoms in total. The van der Waals surface area contributed by atoms with Crippen LogP contribution in [0.3, 0.4) is 0 Å². The highest BCUT2D eigenvalue weighted by Gasteiger charge is 2.44. The van der Waals surface area contributed by atoms with Gasteiger partial charge in [-0.1, -0.05) is 39.3 Å². The van der Waals surface area contributed by atoms with Crippen LogP contribution in [-0.2, 0) is 16.3 Å². The molecule has 0 aliphatic carbocycles. The van der Waals surface area contributed by atoms with Gasteiger partial charge in [0.15, 0.2) is 9.84 Å². The number of aromatic nitrogens is 2. The fourth-order valence-electron chi connectivity index (χ4n) is 5.32. The zero-order chi connectivity index (χ0) is 22.9. The van der Waals surface area contributed by atoms with Crippen molar-refractivity contribution in [2.45, 2.75) is 102 Å². The Labute approximate surface area is 192 Å². The van der Waals surface area contributed by atoms with Crippen LogP contribution in [0.15, 0.2) is 29.2 Å². The van der Waals surface area contributed by atoms with Crippen molar-refractivity contribution in [3.8, 4) is 5.75 Å². The van der Waals surface area contributed by atoms with E-state index in [1.165, 1.54) is 18.4 Å². The maximum Gasteiger partial charge on any atom is 0.195 e. The number of nitrogens with zero attached hydrogens (tertiary/aromatic N) is 2. The number of fused-ring (bicyclic) bond motifs is 2. The van der Waals surface area contributed by atoms with Gasteiger partial charge >= 0.3 is 0 Å². The summed E-state index contributed by atoms with van der Waals surface area (Å²) in [4.78, 5) is 2.60. The first kappa shape index (κ1) is 23.3. The Hall–Kier alpha value is -1.86. The van der Waals surface area contributed by atoms with Crippen LogP contribution in [0.2, 0.25) is 0 Å². The molecule has 2 aliphatic rings. The van der Waals surface area contributed by atoms with Crippen LogP contribution < -0.4 is 4.74 Å². The predicted octanol–water partition coefficient (Wildman–Crippen LogP) is 4.99. The van der Waals surface area contributed by atoms with Gasteiger partial charge in [-0.05, 0) is 69.1 Å². The predicted molar refractivity (Wildman–Crippen MR) is 127 cm³/mol. The van der Waals surface area contributed by atoms with E-state index >= 15 is 0 Å². The van der Waals surface area contributed by atoms with E-state index in [9.17, 15) is 8.42 Å². The Bertz CT molecular complexity index is 1000. The summed E-state index contributed by atoms with van der Waals surface area (Å²) < 4.78 is 33.1. The number of aromatic amines is 1. The van der Waals surface area contributed by atoms with E-state index < -0.39 is 9.84 Å². The Morgan fingerprint density at radius 2 is 1.81 bits per heavy atom. The number of benzene rings is 1. The van der Waals surface area contributed by atoms with Crippen LogP contribution >= 0.6 is 0 Å². The Morgan fingerprint density at radius 1 is 1.16 bits per heavy atom. The van der Waals surface area contributed by atoms with Gasteiger partial charge < -0.3 is 4.74 Å². The molecule has 2 aromatic rings. The third-order valence-corrected chi connectivity index (χ3v) is 8.76. The second-order valence-electron chi connectivity index (χ2n) is 9.82. The summed E-state index contributed by atoms with van der Waals surface area (Å²) in [6, 6.07) is 9.01. The molecule has 3 atom stereocenters. The number of aryl methyl sites for hydroxylation is 2. The number of H-pyrrole nitrogens is 1. The minimum atomic E-state index is -3.45. The highest BCUT2D eigenvalue weighted by molar-refractivity contribution is 7.91. The van der Waals surface area contributed by atoms with Crippen LogP contribution in [0.25, 0.3) is 0 Å². The van der Waals surface area contributed by atoms with E-state index in [2.05, 4.69) is 46.3 Å². The summed E-state index contributed by atoms with van der Waals surface area (Å²) in [6.45, 7) is 7.98. The van der Waals surface area contributed by atoms with E-state index in [4.69, 9.17) is 4.74 Å². The van der Waals surface area contributed by atoms with E-state index in [1.54, 1.807) is 6.92 Å².